The van der Waals surface area contributed by atoms with Gasteiger partial charge in [-0.1, -0.05) is 12.1 Å². The zero-order valence-corrected chi connectivity index (χ0v) is 14.2. The van der Waals surface area contributed by atoms with E-state index in [2.05, 4.69) is 5.32 Å². The fourth-order valence-corrected chi connectivity index (χ4v) is 2.33. The fourth-order valence-electron chi connectivity index (χ4n) is 2.33. The molecule has 0 saturated carbocycles. The third-order valence-corrected chi connectivity index (χ3v) is 3.66. The van der Waals surface area contributed by atoms with Crippen LogP contribution in [0.5, 0.6) is 11.5 Å². The van der Waals surface area contributed by atoms with E-state index in [4.69, 9.17) is 9.47 Å². The van der Waals surface area contributed by atoms with Crippen molar-refractivity contribution < 1.29 is 31.4 Å². The number of hydrogen-bond acceptors (Lipinski definition) is 3. The van der Waals surface area contributed by atoms with Crippen molar-refractivity contribution in [3.63, 3.8) is 0 Å². The van der Waals surface area contributed by atoms with Gasteiger partial charge >= 0.3 is 6.18 Å². The number of nitrogens with one attached hydrogen (secondary N) is 1. The maximum Gasteiger partial charge on any atom is 0.422 e. The van der Waals surface area contributed by atoms with Gasteiger partial charge in [-0.2, -0.15) is 13.2 Å². The van der Waals surface area contributed by atoms with Gasteiger partial charge in [0.1, 0.15) is 11.6 Å². The Kier molecular flexibility index (Phi) is 6.42. The Labute approximate surface area is 147 Å². The molecule has 2 aromatic rings. The number of hydrogen-bond donors (Lipinski definition) is 1. The third-order valence-electron chi connectivity index (χ3n) is 3.66. The largest absolute Gasteiger partial charge is 0.493 e. The summed E-state index contributed by atoms with van der Waals surface area (Å²) in [6.07, 6.45) is -4.44. The lowest BCUT2D eigenvalue weighted by atomic mass is 10.1. The van der Waals surface area contributed by atoms with Crippen LogP contribution in [-0.2, 0) is 6.54 Å². The molecule has 8 heteroatoms. The number of alkyl halides is 3. The summed E-state index contributed by atoms with van der Waals surface area (Å²) in [5, 5.41) is 3.06. The third kappa shape index (κ3) is 5.59. The first-order valence-corrected chi connectivity index (χ1v) is 7.74. The van der Waals surface area contributed by atoms with E-state index in [0.29, 0.717) is 17.7 Å². The molecule has 0 heterocycles. The lowest BCUT2D eigenvalue weighted by Gasteiger charge is -2.17. The smallest absolute Gasteiger partial charge is 0.422 e. The standard InChI is InChI=1S/C18H18F5NO2/c1-11(14-5-4-13(19)8-15(14)20)24-9-12-3-6-16(17(7-12)25-2)26-10-18(21,22)23/h3-8,11,24H,9-10H2,1-2H3. The van der Waals surface area contributed by atoms with Crippen molar-refractivity contribution in [2.24, 2.45) is 0 Å². The molecule has 26 heavy (non-hydrogen) atoms. The van der Waals surface area contributed by atoms with E-state index in [-0.39, 0.29) is 11.5 Å². The Hall–Kier alpha value is -2.35. The summed E-state index contributed by atoms with van der Waals surface area (Å²) in [7, 11) is 1.32. The van der Waals surface area contributed by atoms with Crippen LogP contribution in [0, 0.1) is 11.6 Å². The molecule has 0 fully saturated rings. The fraction of sp³-hybridized carbons (Fsp3) is 0.333. The van der Waals surface area contributed by atoms with Gasteiger partial charge in [-0.15, -0.1) is 0 Å². The van der Waals surface area contributed by atoms with Crippen molar-refractivity contribution in [2.45, 2.75) is 25.7 Å². The first-order valence-electron chi connectivity index (χ1n) is 7.74. The van der Waals surface area contributed by atoms with Crippen LogP contribution < -0.4 is 14.8 Å². The average molecular weight is 375 g/mol. The Morgan fingerprint density at radius 1 is 1.04 bits per heavy atom. The van der Waals surface area contributed by atoms with Crippen molar-refractivity contribution in [3.05, 3.63) is 59.2 Å². The van der Waals surface area contributed by atoms with E-state index < -0.39 is 30.5 Å². The van der Waals surface area contributed by atoms with Crippen LogP contribution in [0.2, 0.25) is 0 Å². The number of methoxy groups -OCH3 is 1. The van der Waals surface area contributed by atoms with Crippen LogP contribution in [0.4, 0.5) is 22.0 Å². The van der Waals surface area contributed by atoms with Crippen LogP contribution >= 0.6 is 0 Å². The highest BCUT2D eigenvalue weighted by Crippen LogP contribution is 2.30. The normalized spacial score (nSPS) is 12.7. The molecule has 0 spiro atoms. The van der Waals surface area contributed by atoms with Crippen molar-refractivity contribution >= 4 is 0 Å². The molecule has 142 valence electrons. The summed E-state index contributed by atoms with van der Waals surface area (Å²) >= 11 is 0. The van der Waals surface area contributed by atoms with Crippen LogP contribution in [0.25, 0.3) is 0 Å². The van der Waals surface area contributed by atoms with Gasteiger partial charge in [0, 0.05) is 24.2 Å². The second-order valence-corrected chi connectivity index (χ2v) is 5.66. The Balaban J connectivity index is 2.03. The maximum absolute atomic E-state index is 13.8. The molecule has 0 bridgehead atoms. The minimum absolute atomic E-state index is 0.0220. The zero-order chi connectivity index (χ0) is 19.3. The molecule has 0 aliphatic rings. The lowest BCUT2D eigenvalue weighted by Crippen LogP contribution is -2.20. The van der Waals surface area contributed by atoms with E-state index in [1.165, 1.54) is 31.4 Å². The molecule has 0 aliphatic carbocycles. The molecule has 0 aliphatic heterocycles. The van der Waals surface area contributed by atoms with Gasteiger partial charge in [-0.05, 0) is 30.7 Å². The minimum Gasteiger partial charge on any atom is -0.493 e. The highest BCUT2D eigenvalue weighted by molar-refractivity contribution is 5.43. The monoisotopic (exact) mass is 375 g/mol. The topological polar surface area (TPSA) is 30.5 Å². The highest BCUT2D eigenvalue weighted by Gasteiger charge is 2.29. The summed E-state index contributed by atoms with van der Waals surface area (Å²) in [5.74, 6) is -1.17. The summed E-state index contributed by atoms with van der Waals surface area (Å²) in [5.41, 5.74) is 1.01. The van der Waals surface area contributed by atoms with E-state index in [1.807, 2.05) is 0 Å². The predicted molar refractivity (Wildman–Crippen MR) is 86.2 cm³/mol. The van der Waals surface area contributed by atoms with Crippen molar-refractivity contribution in [3.8, 4) is 11.5 Å². The molecular weight excluding hydrogens is 357 g/mol. The molecule has 2 aromatic carbocycles. The van der Waals surface area contributed by atoms with E-state index in [1.54, 1.807) is 13.0 Å². The minimum atomic E-state index is -4.44. The molecule has 0 amide bonds. The highest BCUT2D eigenvalue weighted by atomic mass is 19.4. The molecule has 3 nitrogen and oxygen atoms in total. The number of rotatable bonds is 7. The van der Waals surface area contributed by atoms with Crippen LogP contribution in [-0.4, -0.2) is 19.9 Å². The molecule has 0 saturated heterocycles. The van der Waals surface area contributed by atoms with Gasteiger partial charge in [0.05, 0.1) is 7.11 Å². The van der Waals surface area contributed by atoms with E-state index >= 15 is 0 Å². The Morgan fingerprint density at radius 3 is 2.38 bits per heavy atom. The first-order chi connectivity index (χ1) is 12.2. The van der Waals surface area contributed by atoms with Crippen molar-refractivity contribution in [1.82, 2.24) is 5.32 Å². The number of halogens is 5. The molecule has 1 unspecified atom stereocenters. The van der Waals surface area contributed by atoms with Crippen molar-refractivity contribution in [1.29, 1.82) is 0 Å². The molecular formula is C18H18F5NO2. The molecule has 0 radical (unpaired) electrons. The van der Waals surface area contributed by atoms with Crippen molar-refractivity contribution in [2.75, 3.05) is 13.7 Å². The van der Waals surface area contributed by atoms with Crippen LogP contribution in [0.1, 0.15) is 24.1 Å². The van der Waals surface area contributed by atoms with E-state index in [9.17, 15) is 22.0 Å². The molecule has 2 rings (SSSR count). The number of ether oxygens (including phenoxy) is 2. The molecule has 1 N–H and O–H groups in total. The summed E-state index contributed by atoms with van der Waals surface area (Å²) < 4.78 is 73.3. The van der Waals surface area contributed by atoms with Gasteiger partial charge in [0.15, 0.2) is 18.1 Å². The van der Waals surface area contributed by atoms with Crippen LogP contribution in [0.15, 0.2) is 36.4 Å². The molecule has 0 aromatic heterocycles. The first kappa shape index (κ1) is 20.0. The Bertz CT molecular complexity index is 749. The summed E-state index contributed by atoms with van der Waals surface area (Å²) in [6.45, 7) is 0.601. The van der Waals surface area contributed by atoms with Gasteiger partial charge in [-0.25, -0.2) is 8.78 Å². The lowest BCUT2D eigenvalue weighted by molar-refractivity contribution is -0.153. The van der Waals surface area contributed by atoms with Gasteiger partial charge in [0.25, 0.3) is 0 Å². The summed E-state index contributed by atoms with van der Waals surface area (Å²) in [6, 6.07) is 7.43. The SMILES string of the molecule is COc1cc(CNC(C)c2ccc(F)cc2F)ccc1OCC(F)(F)F. The Morgan fingerprint density at radius 2 is 1.77 bits per heavy atom. The number of benzene rings is 2. The van der Waals surface area contributed by atoms with Gasteiger partial charge in [-0.3, -0.25) is 0 Å². The van der Waals surface area contributed by atoms with Gasteiger partial charge in [0.2, 0.25) is 0 Å². The molecule has 1 atom stereocenters. The van der Waals surface area contributed by atoms with Gasteiger partial charge < -0.3 is 14.8 Å². The van der Waals surface area contributed by atoms with E-state index in [0.717, 1.165) is 6.07 Å². The van der Waals surface area contributed by atoms with Crippen LogP contribution in [0.3, 0.4) is 0 Å². The zero-order valence-electron chi connectivity index (χ0n) is 14.2. The predicted octanol–water partition coefficient (Wildman–Crippen LogP) is 4.77. The average Bonchev–Trinajstić information content (AvgIpc) is 2.57. The second kappa shape index (κ2) is 8.35. The maximum atomic E-state index is 13.8. The summed E-state index contributed by atoms with van der Waals surface area (Å²) in [4.78, 5) is 0. The quantitative estimate of drug-likeness (QED) is 0.708. The second-order valence-electron chi connectivity index (χ2n) is 5.66.